The van der Waals surface area contributed by atoms with Crippen LogP contribution in [-0.2, 0) is 29.7 Å². The van der Waals surface area contributed by atoms with Crippen molar-refractivity contribution >= 4 is 0 Å². The number of hydrogen-bond acceptors (Lipinski definition) is 5. The van der Waals surface area contributed by atoms with Gasteiger partial charge in [-0.1, -0.05) is 0 Å². The Bertz CT molecular complexity index is 660. The molecular weight excluding hydrogens is 304 g/mol. The van der Waals surface area contributed by atoms with Crippen molar-refractivity contribution in [3.8, 4) is 0 Å². The minimum Gasteiger partial charge on any atom is -0.373 e. The summed E-state index contributed by atoms with van der Waals surface area (Å²) in [6.45, 7) is 3.32. The Labute approximate surface area is 142 Å². The van der Waals surface area contributed by atoms with Gasteiger partial charge in [0.25, 0.3) is 0 Å². The molecule has 2 aromatic rings. The Kier molecular flexibility index (Phi) is 4.60. The van der Waals surface area contributed by atoms with Crippen LogP contribution in [0.1, 0.15) is 24.0 Å². The Morgan fingerprint density at radius 2 is 2.12 bits per heavy atom. The average Bonchev–Trinajstić information content (AvgIpc) is 3.21. The first-order valence-corrected chi connectivity index (χ1v) is 8.63. The summed E-state index contributed by atoms with van der Waals surface area (Å²) in [4.78, 5) is 6.58. The minimum absolute atomic E-state index is 0.178. The zero-order valence-electron chi connectivity index (χ0n) is 14.0. The van der Waals surface area contributed by atoms with Gasteiger partial charge in [-0.05, 0) is 30.5 Å². The second kappa shape index (κ2) is 7.01. The quantitative estimate of drug-likeness (QED) is 0.837. The molecule has 24 heavy (non-hydrogen) atoms. The molecule has 6 heteroatoms. The Hall–Kier alpha value is -1.76. The smallest absolute Gasteiger partial charge is 0.0992 e. The lowest BCUT2D eigenvalue weighted by atomic mass is 10.1. The van der Waals surface area contributed by atoms with Gasteiger partial charge < -0.3 is 9.47 Å². The summed E-state index contributed by atoms with van der Waals surface area (Å²) in [6.07, 6.45) is 10.2. The normalized spacial score (nSPS) is 27.3. The summed E-state index contributed by atoms with van der Waals surface area (Å²) in [5.74, 6) is 0. The van der Waals surface area contributed by atoms with E-state index in [9.17, 15) is 0 Å². The number of hydrogen-bond donors (Lipinski definition) is 0. The number of rotatable bonds is 5. The minimum atomic E-state index is 0.178. The highest BCUT2D eigenvalue weighted by Crippen LogP contribution is 2.33. The Morgan fingerprint density at radius 3 is 2.92 bits per heavy atom. The number of morpholine rings is 1. The van der Waals surface area contributed by atoms with Crippen LogP contribution in [0.25, 0.3) is 0 Å². The molecule has 1 saturated carbocycles. The second-order valence-electron chi connectivity index (χ2n) is 6.68. The Morgan fingerprint density at radius 1 is 1.25 bits per heavy atom. The van der Waals surface area contributed by atoms with Crippen LogP contribution in [-0.4, -0.2) is 51.1 Å². The van der Waals surface area contributed by atoms with Crippen molar-refractivity contribution in [1.29, 1.82) is 0 Å². The molecule has 1 aliphatic carbocycles. The molecule has 3 atom stereocenters. The van der Waals surface area contributed by atoms with Gasteiger partial charge in [-0.15, -0.1) is 0 Å². The third-order valence-corrected chi connectivity index (χ3v) is 5.01. The molecule has 0 unspecified atom stereocenters. The van der Waals surface area contributed by atoms with Crippen molar-refractivity contribution in [2.45, 2.75) is 44.2 Å². The fourth-order valence-electron chi connectivity index (χ4n) is 3.84. The van der Waals surface area contributed by atoms with Gasteiger partial charge in [0.1, 0.15) is 0 Å². The third kappa shape index (κ3) is 3.36. The number of fused-ring (bicyclic) bond motifs is 1. The van der Waals surface area contributed by atoms with Crippen molar-refractivity contribution in [2.24, 2.45) is 7.05 Å². The summed E-state index contributed by atoms with van der Waals surface area (Å²) in [5, 5.41) is 4.27. The van der Waals surface area contributed by atoms with Gasteiger partial charge in [-0.3, -0.25) is 14.6 Å². The van der Waals surface area contributed by atoms with Crippen LogP contribution >= 0.6 is 0 Å². The summed E-state index contributed by atoms with van der Waals surface area (Å²) in [6, 6.07) is 4.45. The van der Waals surface area contributed by atoms with Gasteiger partial charge in [0.15, 0.2) is 0 Å². The van der Waals surface area contributed by atoms with Crippen LogP contribution in [0, 0.1) is 0 Å². The van der Waals surface area contributed by atoms with Crippen molar-refractivity contribution in [1.82, 2.24) is 19.7 Å². The van der Waals surface area contributed by atoms with E-state index in [-0.39, 0.29) is 12.2 Å². The average molecular weight is 328 g/mol. The van der Waals surface area contributed by atoms with E-state index in [1.54, 1.807) is 0 Å². The van der Waals surface area contributed by atoms with E-state index >= 15 is 0 Å². The maximum Gasteiger partial charge on any atom is 0.0992 e. The maximum atomic E-state index is 6.17. The predicted octanol–water partition coefficient (Wildman–Crippen LogP) is 1.76. The molecule has 128 valence electrons. The SMILES string of the molecule is Cn1cc(CN2CCO[C@H]3[C@H](OCc4ccncc4)CC[C@@H]32)cn1. The number of pyridine rings is 1. The van der Waals surface area contributed by atoms with E-state index in [0.29, 0.717) is 12.6 Å². The summed E-state index contributed by atoms with van der Waals surface area (Å²) < 4.78 is 14.1. The van der Waals surface area contributed by atoms with Crippen molar-refractivity contribution in [3.05, 3.63) is 48.0 Å². The number of aryl methyl sites for hydroxylation is 1. The molecule has 2 aliphatic rings. The summed E-state index contributed by atoms with van der Waals surface area (Å²) >= 11 is 0. The van der Waals surface area contributed by atoms with Gasteiger partial charge in [0, 0.05) is 50.3 Å². The first-order chi connectivity index (χ1) is 11.8. The molecule has 0 N–H and O–H groups in total. The predicted molar refractivity (Wildman–Crippen MR) is 89.2 cm³/mol. The fraction of sp³-hybridized carbons (Fsp3) is 0.556. The lowest BCUT2D eigenvalue weighted by Gasteiger charge is -2.38. The van der Waals surface area contributed by atoms with E-state index in [4.69, 9.17) is 9.47 Å². The first kappa shape index (κ1) is 15.7. The van der Waals surface area contributed by atoms with Gasteiger partial charge in [0.2, 0.25) is 0 Å². The van der Waals surface area contributed by atoms with Gasteiger partial charge in [0.05, 0.1) is 31.6 Å². The van der Waals surface area contributed by atoms with Crippen molar-refractivity contribution in [3.63, 3.8) is 0 Å². The molecule has 0 aromatic carbocycles. The standard InChI is InChI=1S/C18H24N4O2/c1-21-11-15(10-20-21)12-22-8-9-23-18-16(22)2-3-17(18)24-13-14-4-6-19-7-5-14/h4-7,10-11,16-18H,2-3,8-9,12-13H2,1H3/t16-,17+,18+/m0/s1. The second-order valence-corrected chi connectivity index (χ2v) is 6.68. The molecule has 1 saturated heterocycles. The molecule has 1 aliphatic heterocycles. The van der Waals surface area contributed by atoms with Crippen LogP contribution < -0.4 is 0 Å². The highest BCUT2D eigenvalue weighted by Gasteiger charge is 2.43. The lowest BCUT2D eigenvalue weighted by Crippen LogP contribution is -2.51. The summed E-state index contributed by atoms with van der Waals surface area (Å²) in [7, 11) is 1.96. The van der Waals surface area contributed by atoms with E-state index in [1.165, 1.54) is 5.56 Å². The largest absolute Gasteiger partial charge is 0.373 e. The van der Waals surface area contributed by atoms with Crippen LogP contribution in [0.3, 0.4) is 0 Å². The van der Waals surface area contributed by atoms with Crippen LogP contribution in [0.2, 0.25) is 0 Å². The third-order valence-electron chi connectivity index (χ3n) is 5.01. The molecule has 2 aromatic heterocycles. The highest BCUT2D eigenvalue weighted by molar-refractivity contribution is 5.09. The maximum absolute atomic E-state index is 6.17. The molecular formula is C18H24N4O2. The molecule has 0 spiro atoms. The number of aromatic nitrogens is 3. The van der Waals surface area contributed by atoms with Gasteiger partial charge in [-0.2, -0.15) is 5.10 Å². The summed E-state index contributed by atoms with van der Waals surface area (Å²) in [5.41, 5.74) is 2.43. The van der Waals surface area contributed by atoms with E-state index in [0.717, 1.165) is 38.1 Å². The lowest BCUT2D eigenvalue weighted by molar-refractivity contribution is -0.118. The van der Waals surface area contributed by atoms with E-state index in [2.05, 4.69) is 21.2 Å². The van der Waals surface area contributed by atoms with Crippen LogP contribution in [0.5, 0.6) is 0 Å². The zero-order chi connectivity index (χ0) is 16.4. The molecule has 0 amide bonds. The molecule has 3 heterocycles. The first-order valence-electron chi connectivity index (χ1n) is 8.63. The van der Waals surface area contributed by atoms with Crippen LogP contribution in [0.15, 0.2) is 36.9 Å². The highest BCUT2D eigenvalue weighted by atomic mass is 16.5. The fourth-order valence-corrected chi connectivity index (χ4v) is 3.84. The van der Waals surface area contributed by atoms with E-state index in [1.807, 2.05) is 42.5 Å². The topological polar surface area (TPSA) is 52.4 Å². The molecule has 2 fully saturated rings. The Balaban J connectivity index is 1.37. The molecule has 6 nitrogen and oxygen atoms in total. The van der Waals surface area contributed by atoms with Gasteiger partial charge in [-0.25, -0.2) is 0 Å². The number of nitrogens with zero attached hydrogens (tertiary/aromatic N) is 4. The van der Waals surface area contributed by atoms with Crippen molar-refractivity contribution in [2.75, 3.05) is 13.2 Å². The van der Waals surface area contributed by atoms with Crippen LogP contribution in [0.4, 0.5) is 0 Å². The van der Waals surface area contributed by atoms with Gasteiger partial charge >= 0.3 is 0 Å². The number of ether oxygens (including phenoxy) is 2. The monoisotopic (exact) mass is 328 g/mol. The van der Waals surface area contributed by atoms with E-state index < -0.39 is 0 Å². The van der Waals surface area contributed by atoms with Crippen molar-refractivity contribution < 1.29 is 9.47 Å². The molecule has 4 rings (SSSR count). The molecule has 0 radical (unpaired) electrons. The zero-order valence-corrected chi connectivity index (χ0v) is 14.0. The molecule has 0 bridgehead atoms.